The van der Waals surface area contributed by atoms with E-state index >= 15 is 0 Å². The van der Waals surface area contributed by atoms with Gasteiger partial charge in [0.25, 0.3) is 0 Å². The highest BCUT2D eigenvalue weighted by atomic mass is 14.9. The number of nitrogens with one attached hydrogen (secondary N) is 1. The first-order valence-electron chi connectivity index (χ1n) is 7.58. The minimum Gasteiger partial charge on any atom is -0.314 e. The molecule has 2 unspecified atom stereocenters. The summed E-state index contributed by atoms with van der Waals surface area (Å²) in [5.41, 5.74) is 0. The lowest BCUT2D eigenvalue weighted by atomic mass is 9.97. The maximum atomic E-state index is 3.79. The van der Waals surface area contributed by atoms with Gasteiger partial charge in [0, 0.05) is 6.04 Å². The number of unbranched alkanes of at least 4 members (excludes halogenated alkanes) is 4. The highest BCUT2D eigenvalue weighted by Crippen LogP contribution is 2.22. The Hall–Kier alpha value is -0.0400. The molecular formula is C15H31N. The van der Waals surface area contributed by atoms with Gasteiger partial charge in [0.05, 0.1) is 0 Å². The van der Waals surface area contributed by atoms with Gasteiger partial charge in [-0.3, -0.25) is 0 Å². The third kappa shape index (κ3) is 5.89. The second kappa shape index (κ2) is 9.04. The van der Waals surface area contributed by atoms with E-state index in [2.05, 4.69) is 19.2 Å². The molecule has 2 atom stereocenters. The third-order valence-electron chi connectivity index (χ3n) is 4.05. The van der Waals surface area contributed by atoms with Gasteiger partial charge in [-0.15, -0.1) is 0 Å². The van der Waals surface area contributed by atoms with Crippen LogP contribution in [0.15, 0.2) is 0 Å². The van der Waals surface area contributed by atoms with Gasteiger partial charge in [-0.05, 0) is 31.7 Å². The largest absolute Gasteiger partial charge is 0.314 e. The summed E-state index contributed by atoms with van der Waals surface area (Å²) < 4.78 is 0. The molecule has 0 bridgehead atoms. The molecule has 1 saturated carbocycles. The Labute approximate surface area is 102 Å². The zero-order chi connectivity index (χ0) is 11.6. The molecule has 0 saturated heterocycles. The van der Waals surface area contributed by atoms with Crippen LogP contribution in [0.2, 0.25) is 0 Å². The molecule has 1 rings (SSSR count). The van der Waals surface area contributed by atoms with E-state index in [0.29, 0.717) is 0 Å². The first-order valence-corrected chi connectivity index (χ1v) is 7.58. The molecule has 16 heavy (non-hydrogen) atoms. The van der Waals surface area contributed by atoms with E-state index in [0.717, 1.165) is 12.0 Å². The molecule has 96 valence electrons. The molecule has 0 aromatic carbocycles. The van der Waals surface area contributed by atoms with Crippen molar-refractivity contribution in [1.29, 1.82) is 0 Å². The van der Waals surface area contributed by atoms with Gasteiger partial charge in [0.2, 0.25) is 0 Å². The average Bonchev–Trinajstić information content (AvgIpc) is 2.49. The molecule has 0 radical (unpaired) electrons. The lowest BCUT2D eigenvalue weighted by Crippen LogP contribution is -2.34. The van der Waals surface area contributed by atoms with Crippen LogP contribution in [0.1, 0.15) is 78.1 Å². The molecular weight excluding hydrogens is 194 g/mol. The van der Waals surface area contributed by atoms with Crippen molar-refractivity contribution >= 4 is 0 Å². The highest BCUT2D eigenvalue weighted by molar-refractivity contribution is 4.76. The Morgan fingerprint density at radius 2 is 1.69 bits per heavy atom. The molecule has 0 spiro atoms. The van der Waals surface area contributed by atoms with Gasteiger partial charge < -0.3 is 5.32 Å². The lowest BCUT2D eigenvalue weighted by molar-refractivity contribution is 0.354. The Kier molecular flexibility index (Phi) is 7.92. The van der Waals surface area contributed by atoms with Crippen LogP contribution in [0.3, 0.4) is 0 Å². The van der Waals surface area contributed by atoms with Crippen LogP contribution < -0.4 is 5.32 Å². The van der Waals surface area contributed by atoms with Gasteiger partial charge in [-0.2, -0.15) is 0 Å². The van der Waals surface area contributed by atoms with E-state index in [-0.39, 0.29) is 0 Å². The fourth-order valence-corrected chi connectivity index (χ4v) is 2.81. The zero-order valence-corrected chi connectivity index (χ0v) is 11.4. The molecule has 0 heterocycles. The van der Waals surface area contributed by atoms with Crippen LogP contribution in [0, 0.1) is 5.92 Å². The third-order valence-corrected chi connectivity index (χ3v) is 4.05. The van der Waals surface area contributed by atoms with E-state index in [9.17, 15) is 0 Å². The summed E-state index contributed by atoms with van der Waals surface area (Å²) in [7, 11) is 0. The number of rotatable bonds is 7. The molecule has 1 N–H and O–H groups in total. The van der Waals surface area contributed by atoms with Crippen molar-refractivity contribution in [3.05, 3.63) is 0 Å². The molecule has 0 aromatic rings. The van der Waals surface area contributed by atoms with E-state index in [4.69, 9.17) is 0 Å². The van der Waals surface area contributed by atoms with Crippen LogP contribution in [0.5, 0.6) is 0 Å². The van der Waals surface area contributed by atoms with Crippen molar-refractivity contribution in [2.75, 3.05) is 6.54 Å². The summed E-state index contributed by atoms with van der Waals surface area (Å²) in [6.07, 6.45) is 14.2. The van der Waals surface area contributed by atoms with Crippen LogP contribution in [0.4, 0.5) is 0 Å². The molecule has 0 amide bonds. The minimum absolute atomic E-state index is 0.814. The second-order valence-corrected chi connectivity index (χ2v) is 5.59. The Bertz CT molecular complexity index is 156. The minimum atomic E-state index is 0.814. The Morgan fingerprint density at radius 3 is 2.50 bits per heavy atom. The second-order valence-electron chi connectivity index (χ2n) is 5.59. The molecule has 1 aliphatic carbocycles. The lowest BCUT2D eigenvalue weighted by Gasteiger charge is -2.22. The van der Waals surface area contributed by atoms with Crippen molar-refractivity contribution < 1.29 is 0 Å². The van der Waals surface area contributed by atoms with Gasteiger partial charge in [0.1, 0.15) is 0 Å². The first kappa shape index (κ1) is 14.0. The van der Waals surface area contributed by atoms with E-state index in [1.165, 1.54) is 70.8 Å². The van der Waals surface area contributed by atoms with Crippen molar-refractivity contribution in [2.24, 2.45) is 5.92 Å². The SMILES string of the molecule is CCCCCCCNC1CCCCCC1C. The summed E-state index contributed by atoms with van der Waals surface area (Å²) in [6.45, 7) is 5.96. The average molecular weight is 225 g/mol. The zero-order valence-electron chi connectivity index (χ0n) is 11.4. The number of hydrogen-bond donors (Lipinski definition) is 1. The van der Waals surface area contributed by atoms with Gasteiger partial charge >= 0.3 is 0 Å². The van der Waals surface area contributed by atoms with Crippen molar-refractivity contribution in [2.45, 2.75) is 84.1 Å². The summed E-state index contributed by atoms with van der Waals surface area (Å²) in [5.74, 6) is 0.901. The van der Waals surface area contributed by atoms with Gasteiger partial charge in [-0.25, -0.2) is 0 Å². The van der Waals surface area contributed by atoms with Crippen LogP contribution in [0.25, 0.3) is 0 Å². The van der Waals surface area contributed by atoms with Crippen molar-refractivity contribution in [1.82, 2.24) is 5.32 Å². The van der Waals surface area contributed by atoms with Crippen molar-refractivity contribution in [3.63, 3.8) is 0 Å². The smallest absolute Gasteiger partial charge is 0.00926 e. The predicted molar refractivity (Wildman–Crippen MR) is 72.8 cm³/mol. The van der Waals surface area contributed by atoms with Gasteiger partial charge in [-0.1, -0.05) is 58.8 Å². The van der Waals surface area contributed by atoms with Crippen LogP contribution in [-0.4, -0.2) is 12.6 Å². The van der Waals surface area contributed by atoms with Gasteiger partial charge in [0.15, 0.2) is 0 Å². The summed E-state index contributed by atoms with van der Waals surface area (Å²) in [4.78, 5) is 0. The molecule has 1 nitrogen and oxygen atoms in total. The molecule has 1 aliphatic rings. The standard InChI is InChI=1S/C15H31N/c1-3-4-5-6-10-13-16-15-12-9-7-8-11-14(15)2/h14-16H,3-13H2,1-2H3. The number of hydrogen-bond acceptors (Lipinski definition) is 1. The summed E-state index contributed by atoms with van der Waals surface area (Å²) in [6, 6.07) is 0.814. The normalized spacial score (nSPS) is 26.6. The quantitative estimate of drug-likeness (QED) is 0.496. The Morgan fingerprint density at radius 1 is 0.938 bits per heavy atom. The molecule has 1 heteroatoms. The van der Waals surface area contributed by atoms with E-state index in [1.807, 2.05) is 0 Å². The summed E-state index contributed by atoms with van der Waals surface area (Å²) in [5, 5.41) is 3.79. The molecule has 1 fully saturated rings. The highest BCUT2D eigenvalue weighted by Gasteiger charge is 2.18. The summed E-state index contributed by atoms with van der Waals surface area (Å²) >= 11 is 0. The monoisotopic (exact) mass is 225 g/mol. The fraction of sp³-hybridized carbons (Fsp3) is 1.00. The van der Waals surface area contributed by atoms with E-state index < -0.39 is 0 Å². The van der Waals surface area contributed by atoms with Crippen LogP contribution >= 0.6 is 0 Å². The first-order chi connectivity index (χ1) is 7.84. The van der Waals surface area contributed by atoms with Crippen LogP contribution in [-0.2, 0) is 0 Å². The predicted octanol–water partition coefficient (Wildman–Crippen LogP) is 4.52. The van der Waals surface area contributed by atoms with E-state index in [1.54, 1.807) is 0 Å². The molecule has 0 aromatic heterocycles. The fourth-order valence-electron chi connectivity index (χ4n) is 2.81. The Balaban J connectivity index is 2.01. The topological polar surface area (TPSA) is 12.0 Å². The van der Waals surface area contributed by atoms with Crippen molar-refractivity contribution in [3.8, 4) is 0 Å². The maximum Gasteiger partial charge on any atom is 0.00926 e. The molecule has 0 aliphatic heterocycles. The maximum absolute atomic E-state index is 3.79.